The minimum Gasteiger partial charge on any atom is -0.459 e. The van der Waals surface area contributed by atoms with Crippen LogP contribution >= 0.6 is 0 Å². The van der Waals surface area contributed by atoms with Crippen molar-refractivity contribution in [2.75, 3.05) is 31.1 Å². The first-order valence-corrected chi connectivity index (χ1v) is 8.90. The molecule has 0 radical (unpaired) electrons. The Morgan fingerprint density at radius 3 is 2.64 bits per heavy atom. The number of aryl methyl sites for hydroxylation is 2. The third-order valence-corrected chi connectivity index (χ3v) is 4.62. The Kier molecular flexibility index (Phi) is 5.06. The number of rotatable bonds is 3. The first-order chi connectivity index (χ1) is 12.0. The zero-order valence-electron chi connectivity index (χ0n) is 15.5. The number of hydrogen-bond acceptors (Lipinski definition) is 5. The lowest BCUT2D eigenvalue weighted by Gasteiger charge is -2.27. The second-order valence-corrected chi connectivity index (χ2v) is 6.86. The van der Waals surface area contributed by atoms with Crippen molar-refractivity contribution in [3.63, 3.8) is 0 Å². The maximum atomic E-state index is 12.5. The lowest BCUT2D eigenvalue weighted by atomic mass is 10.0. The SMILES string of the molecule is Cc1nc(C)c(C(C)C)c(N2CCCN(C(=O)c3ccco3)CC2)n1. The van der Waals surface area contributed by atoms with Crippen LogP contribution in [0.3, 0.4) is 0 Å². The molecule has 1 aliphatic rings. The van der Waals surface area contributed by atoms with Gasteiger partial charge in [0.25, 0.3) is 5.91 Å². The van der Waals surface area contributed by atoms with Crippen LogP contribution in [0.15, 0.2) is 22.8 Å². The van der Waals surface area contributed by atoms with E-state index >= 15 is 0 Å². The van der Waals surface area contributed by atoms with Crippen LogP contribution in [0.25, 0.3) is 0 Å². The number of furan rings is 1. The van der Waals surface area contributed by atoms with Crippen molar-refractivity contribution in [2.24, 2.45) is 0 Å². The van der Waals surface area contributed by atoms with Gasteiger partial charge in [0.2, 0.25) is 0 Å². The van der Waals surface area contributed by atoms with Crippen molar-refractivity contribution in [3.8, 4) is 0 Å². The predicted molar refractivity (Wildman–Crippen MR) is 97.0 cm³/mol. The topological polar surface area (TPSA) is 62.5 Å². The van der Waals surface area contributed by atoms with Gasteiger partial charge in [-0.3, -0.25) is 4.79 Å². The van der Waals surface area contributed by atoms with E-state index in [4.69, 9.17) is 9.40 Å². The Labute approximate surface area is 148 Å². The van der Waals surface area contributed by atoms with Crippen LogP contribution in [-0.2, 0) is 0 Å². The molecule has 0 N–H and O–H groups in total. The van der Waals surface area contributed by atoms with Crippen LogP contribution in [0.4, 0.5) is 5.82 Å². The molecule has 3 heterocycles. The first-order valence-electron chi connectivity index (χ1n) is 8.90. The molecule has 0 atom stereocenters. The zero-order valence-corrected chi connectivity index (χ0v) is 15.5. The van der Waals surface area contributed by atoms with Gasteiger partial charge in [-0.2, -0.15) is 0 Å². The lowest BCUT2D eigenvalue weighted by molar-refractivity contribution is 0.0735. The Morgan fingerprint density at radius 2 is 1.96 bits per heavy atom. The van der Waals surface area contributed by atoms with Crippen LogP contribution in [0.1, 0.15) is 53.8 Å². The summed E-state index contributed by atoms with van der Waals surface area (Å²) in [6.45, 7) is 11.4. The smallest absolute Gasteiger partial charge is 0.289 e. The van der Waals surface area contributed by atoms with Gasteiger partial charge in [0.05, 0.1) is 6.26 Å². The third-order valence-electron chi connectivity index (χ3n) is 4.62. The summed E-state index contributed by atoms with van der Waals surface area (Å²) in [6.07, 6.45) is 2.45. The average molecular weight is 342 g/mol. The summed E-state index contributed by atoms with van der Waals surface area (Å²) in [5.74, 6) is 2.55. The van der Waals surface area contributed by atoms with Gasteiger partial charge in [-0.25, -0.2) is 9.97 Å². The number of anilines is 1. The lowest BCUT2D eigenvalue weighted by Crippen LogP contribution is -2.35. The molecule has 0 saturated carbocycles. The Balaban J connectivity index is 1.81. The van der Waals surface area contributed by atoms with Crippen LogP contribution in [0.5, 0.6) is 0 Å². The normalized spacial score (nSPS) is 15.6. The third kappa shape index (κ3) is 3.67. The Hall–Kier alpha value is -2.37. The molecule has 0 aromatic carbocycles. The van der Waals surface area contributed by atoms with E-state index in [1.54, 1.807) is 18.4 Å². The fourth-order valence-electron chi connectivity index (χ4n) is 3.51. The maximum absolute atomic E-state index is 12.5. The fourth-order valence-corrected chi connectivity index (χ4v) is 3.51. The van der Waals surface area contributed by atoms with Gasteiger partial charge in [0, 0.05) is 37.4 Å². The number of carbonyl (C=O) groups is 1. The fraction of sp³-hybridized carbons (Fsp3) is 0.526. The van der Waals surface area contributed by atoms with Gasteiger partial charge in [0.1, 0.15) is 11.6 Å². The second-order valence-electron chi connectivity index (χ2n) is 6.86. The number of carbonyl (C=O) groups excluding carboxylic acids is 1. The van der Waals surface area contributed by atoms with E-state index in [0.29, 0.717) is 18.2 Å². The highest BCUT2D eigenvalue weighted by molar-refractivity contribution is 5.91. The largest absolute Gasteiger partial charge is 0.459 e. The molecule has 6 nitrogen and oxygen atoms in total. The minimum absolute atomic E-state index is 0.0361. The van der Waals surface area contributed by atoms with Gasteiger partial charge in [-0.1, -0.05) is 13.8 Å². The molecule has 1 aliphatic heterocycles. The van der Waals surface area contributed by atoms with Crippen molar-refractivity contribution in [3.05, 3.63) is 41.2 Å². The summed E-state index contributed by atoms with van der Waals surface area (Å²) in [5.41, 5.74) is 2.25. The summed E-state index contributed by atoms with van der Waals surface area (Å²) in [4.78, 5) is 26.0. The molecule has 1 saturated heterocycles. The summed E-state index contributed by atoms with van der Waals surface area (Å²) in [5, 5.41) is 0. The highest BCUT2D eigenvalue weighted by atomic mass is 16.3. The zero-order chi connectivity index (χ0) is 18.0. The Bertz CT molecular complexity index is 740. The highest BCUT2D eigenvalue weighted by Crippen LogP contribution is 2.29. The van der Waals surface area contributed by atoms with Gasteiger partial charge in [-0.05, 0) is 38.3 Å². The molecule has 2 aromatic heterocycles. The molecule has 0 spiro atoms. The first kappa shape index (κ1) is 17.5. The average Bonchev–Trinajstić information content (AvgIpc) is 2.97. The Morgan fingerprint density at radius 1 is 1.16 bits per heavy atom. The molecule has 1 amide bonds. The van der Waals surface area contributed by atoms with E-state index < -0.39 is 0 Å². The second kappa shape index (κ2) is 7.25. The van der Waals surface area contributed by atoms with Crippen LogP contribution < -0.4 is 4.90 Å². The number of hydrogen-bond donors (Lipinski definition) is 0. The predicted octanol–water partition coefficient (Wildman–Crippen LogP) is 3.16. The molecule has 0 unspecified atom stereocenters. The van der Waals surface area contributed by atoms with Gasteiger partial charge >= 0.3 is 0 Å². The summed E-state index contributed by atoms with van der Waals surface area (Å²) < 4.78 is 5.26. The maximum Gasteiger partial charge on any atom is 0.289 e. The quantitative estimate of drug-likeness (QED) is 0.857. The van der Waals surface area contributed by atoms with Gasteiger partial charge in [-0.15, -0.1) is 0 Å². The molecule has 3 rings (SSSR count). The standard InChI is InChI=1S/C19H26N4O2/c1-13(2)17-14(3)20-15(4)21-18(17)22-8-6-9-23(11-10-22)19(24)16-7-5-12-25-16/h5,7,12-13H,6,8-11H2,1-4H3. The molecule has 6 heteroatoms. The number of amides is 1. The number of nitrogens with zero attached hydrogens (tertiary/aromatic N) is 4. The van der Waals surface area contributed by atoms with E-state index in [0.717, 1.165) is 43.4 Å². The molecule has 25 heavy (non-hydrogen) atoms. The van der Waals surface area contributed by atoms with Crippen molar-refractivity contribution < 1.29 is 9.21 Å². The van der Waals surface area contributed by atoms with E-state index in [1.807, 2.05) is 11.8 Å². The van der Waals surface area contributed by atoms with Gasteiger partial charge in [0.15, 0.2) is 5.76 Å². The molecule has 134 valence electrons. The molecular formula is C19H26N4O2. The van der Waals surface area contributed by atoms with Crippen LogP contribution in [-0.4, -0.2) is 47.0 Å². The highest BCUT2D eigenvalue weighted by Gasteiger charge is 2.25. The van der Waals surface area contributed by atoms with E-state index in [-0.39, 0.29) is 5.91 Å². The molecule has 2 aromatic rings. The minimum atomic E-state index is -0.0361. The van der Waals surface area contributed by atoms with E-state index in [2.05, 4.69) is 30.7 Å². The van der Waals surface area contributed by atoms with Crippen molar-refractivity contribution in [1.82, 2.24) is 14.9 Å². The van der Waals surface area contributed by atoms with Crippen molar-refractivity contribution >= 4 is 11.7 Å². The summed E-state index contributed by atoms with van der Waals surface area (Å²) in [6, 6.07) is 3.47. The summed E-state index contributed by atoms with van der Waals surface area (Å²) in [7, 11) is 0. The van der Waals surface area contributed by atoms with Crippen molar-refractivity contribution in [2.45, 2.75) is 40.0 Å². The monoisotopic (exact) mass is 342 g/mol. The van der Waals surface area contributed by atoms with Crippen LogP contribution in [0.2, 0.25) is 0 Å². The van der Waals surface area contributed by atoms with Crippen molar-refractivity contribution in [1.29, 1.82) is 0 Å². The molecule has 1 fully saturated rings. The molecule has 0 bridgehead atoms. The van der Waals surface area contributed by atoms with E-state index in [1.165, 1.54) is 5.56 Å². The molecular weight excluding hydrogens is 316 g/mol. The van der Waals surface area contributed by atoms with Crippen LogP contribution in [0, 0.1) is 13.8 Å². The summed E-state index contributed by atoms with van der Waals surface area (Å²) >= 11 is 0. The molecule has 0 aliphatic carbocycles. The van der Waals surface area contributed by atoms with Gasteiger partial charge < -0.3 is 14.2 Å². The van der Waals surface area contributed by atoms with E-state index in [9.17, 15) is 4.79 Å². The number of aromatic nitrogens is 2.